The first-order valence-corrected chi connectivity index (χ1v) is 7.81. The van der Waals surface area contributed by atoms with E-state index in [1.165, 1.54) is 0 Å². The quantitative estimate of drug-likeness (QED) is 0.872. The van der Waals surface area contributed by atoms with Gasteiger partial charge in [-0.1, -0.05) is 36.4 Å². The van der Waals surface area contributed by atoms with Crippen LogP contribution in [0, 0.1) is 0 Å². The smallest absolute Gasteiger partial charge is 0.121 e. The van der Waals surface area contributed by atoms with Gasteiger partial charge in [0.25, 0.3) is 0 Å². The summed E-state index contributed by atoms with van der Waals surface area (Å²) in [5, 5.41) is 20.3. The van der Waals surface area contributed by atoms with Crippen LogP contribution in [0.15, 0.2) is 42.0 Å². The fraction of sp³-hybridized carbons (Fsp3) is 0.333. The molecule has 4 rings (SSSR count). The Labute approximate surface area is 129 Å². The molecule has 4 nitrogen and oxygen atoms in total. The van der Waals surface area contributed by atoms with Crippen LogP contribution in [0.25, 0.3) is 16.8 Å². The summed E-state index contributed by atoms with van der Waals surface area (Å²) in [7, 11) is 0. The topological polar surface area (TPSA) is 50.9 Å². The van der Waals surface area contributed by atoms with Crippen LogP contribution in [0.4, 0.5) is 0 Å². The third kappa shape index (κ3) is 1.87. The number of fused-ring (bicyclic) bond motifs is 4. The van der Waals surface area contributed by atoms with Gasteiger partial charge in [-0.25, -0.2) is 0 Å². The fourth-order valence-electron chi connectivity index (χ4n) is 3.25. The number of rotatable bonds is 1. The molecule has 4 heteroatoms. The van der Waals surface area contributed by atoms with Gasteiger partial charge in [0.1, 0.15) is 17.5 Å². The molecule has 2 aliphatic rings. The van der Waals surface area contributed by atoms with Gasteiger partial charge in [0.15, 0.2) is 0 Å². The highest BCUT2D eigenvalue weighted by molar-refractivity contribution is 5.84. The van der Waals surface area contributed by atoms with E-state index in [9.17, 15) is 5.11 Å². The van der Waals surface area contributed by atoms with Gasteiger partial charge in [-0.15, -0.1) is 0 Å². The monoisotopic (exact) mass is 293 g/mol. The maximum atomic E-state index is 10.8. The first-order valence-electron chi connectivity index (χ1n) is 7.81. The van der Waals surface area contributed by atoms with Crippen molar-refractivity contribution in [2.24, 2.45) is 0 Å². The first-order chi connectivity index (χ1) is 10.7. The molecule has 0 aliphatic heterocycles. The molecule has 1 atom stereocenters. The Balaban J connectivity index is 2.05. The van der Waals surface area contributed by atoms with Gasteiger partial charge in [-0.05, 0) is 43.4 Å². The molecule has 0 saturated carbocycles. The van der Waals surface area contributed by atoms with E-state index in [2.05, 4.69) is 19.9 Å². The summed E-state index contributed by atoms with van der Waals surface area (Å²) < 4.78 is 0. The Morgan fingerprint density at radius 1 is 1.18 bits per heavy atom. The predicted molar refractivity (Wildman–Crippen MR) is 86.1 cm³/mol. The lowest BCUT2D eigenvalue weighted by Crippen LogP contribution is -2.08. The van der Waals surface area contributed by atoms with Crippen molar-refractivity contribution < 1.29 is 5.11 Å². The molecule has 1 unspecified atom stereocenters. The summed E-state index contributed by atoms with van der Waals surface area (Å²) in [4.78, 5) is 1.78. The van der Waals surface area contributed by atoms with Gasteiger partial charge in [-0.3, -0.25) is 0 Å². The maximum Gasteiger partial charge on any atom is 0.121 e. The van der Waals surface area contributed by atoms with Crippen molar-refractivity contribution in [2.75, 3.05) is 0 Å². The summed E-state index contributed by atoms with van der Waals surface area (Å²) in [5.41, 5.74) is 5.82. The minimum Gasteiger partial charge on any atom is -0.384 e. The molecule has 0 saturated heterocycles. The van der Waals surface area contributed by atoms with Gasteiger partial charge >= 0.3 is 0 Å². The Hall–Kier alpha value is -2.20. The summed E-state index contributed by atoms with van der Waals surface area (Å²) >= 11 is 0. The largest absolute Gasteiger partial charge is 0.384 e. The zero-order valence-electron chi connectivity index (χ0n) is 12.8. The Kier molecular flexibility index (Phi) is 3.01. The van der Waals surface area contributed by atoms with E-state index < -0.39 is 6.10 Å². The molecule has 2 aliphatic carbocycles. The molecule has 112 valence electrons. The highest BCUT2D eigenvalue weighted by atomic mass is 16.3. The molecule has 0 spiro atoms. The lowest BCUT2D eigenvalue weighted by atomic mass is 9.91. The van der Waals surface area contributed by atoms with Crippen LogP contribution in [0.2, 0.25) is 0 Å². The highest BCUT2D eigenvalue weighted by Crippen LogP contribution is 2.44. The molecule has 1 aromatic carbocycles. The second-order valence-electron chi connectivity index (χ2n) is 6.18. The van der Waals surface area contributed by atoms with Crippen molar-refractivity contribution in [3.63, 3.8) is 0 Å². The maximum absolute atomic E-state index is 10.8. The molecule has 1 N–H and O–H groups in total. The van der Waals surface area contributed by atoms with E-state index >= 15 is 0 Å². The molecule has 1 aromatic heterocycles. The van der Waals surface area contributed by atoms with Crippen molar-refractivity contribution >= 4 is 5.57 Å². The van der Waals surface area contributed by atoms with Crippen molar-refractivity contribution in [1.29, 1.82) is 0 Å². The highest BCUT2D eigenvalue weighted by Gasteiger charge is 2.30. The number of hydrogen-bond donors (Lipinski definition) is 1. The van der Waals surface area contributed by atoms with Crippen LogP contribution in [0.1, 0.15) is 50.1 Å². The van der Waals surface area contributed by atoms with Gasteiger partial charge in [0.2, 0.25) is 0 Å². The molecule has 0 radical (unpaired) electrons. The van der Waals surface area contributed by atoms with E-state index in [1.54, 1.807) is 4.80 Å². The molecule has 0 fully saturated rings. The summed E-state index contributed by atoms with van der Waals surface area (Å²) in [6.07, 6.45) is 5.45. The lowest BCUT2D eigenvalue weighted by molar-refractivity contribution is 0.220. The van der Waals surface area contributed by atoms with Crippen LogP contribution < -0.4 is 0 Å². The van der Waals surface area contributed by atoms with E-state index in [1.807, 2.05) is 30.3 Å². The standard InChI is InChI=1S/C18H19N3O/c1-11(2)21-19-16-12-7-3-5-9-14(12)18(22)15-10-6-4-8-13(15)17(16)20-21/h3,5-7,9-11,18,22H,4,8H2,1-2H3. The number of hydrogen-bond acceptors (Lipinski definition) is 3. The van der Waals surface area contributed by atoms with Gasteiger partial charge < -0.3 is 5.11 Å². The third-order valence-corrected chi connectivity index (χ3v) is 4.39. The summed E-state index contributed by atoms with van der Waals surface area (Å²) in [6.45, 7) is 4.16. The average Bonchev–Trinajstić information content (AvgIpc) is 2.96. The Morgan fingerprint density at radius 2 is 1.95 bits per heavy atom. The number of allylic oxidation sites excluding steroid dienone is 2. The average molecular weight is 293 g/mol. The predicted octanol–water partition coefficient (Wildman–Crippen LogP) is 3.68. The zero-order valence-corrected chi connectivity index (χ0v) is 12.8. The lowest BCUT2D eigenvalue weighted by Gasteiger charge is -2.18. The van der Waals surface area contributed by atoms with Crippen molar-refractivity contribution in [3.05, 3.63) is 53.2 Å². The van der Waals surface area contributed by atoms with Crippen LogP contribution in [0.5, 0.6) is 0 Å². The van der Waals surface area contributed by atoms with E-state index in [0.29, 0.717) is 0 Å². The second-order valence-corrected chi connectivity index (χ2v) is 6.18. The minimum absolute atomic E-state index is 0.215. The normalized spacial score (nSPS) is 19.7. The molecule has 0 bridgehead atoms. The number of aliphatic hydroxyl groups is 1. The van der Waals surface area contributed by atoms with Crippen molar-refractivity contribution in [1.82, 2.24) is 15.0 Å². The van der Waals surface area contributed by atoms with Crippen molar-refractivity contribution in [3.8, 4) is 11.3 Å². The number of nitrogens with zero attached hydrogens (tertiary/aromatic N) is 3. The van der Waals surface area contributed by atoms with Gasteiger partial charge in [0.05, 0.1) is 6.04 Å². The third-order valence-electron chi connectivity index (χ3n) is 4.39. The van der Waals surface area contributed by atoms with Crippen molar-refractivity contribution in [2.45, 2.75) is 38.8 Å². The molecular weight excluding hydrogens is 274 g/mol. The fourth-order valence-corrected chi connectivity index (χ4v) is 3.25. The number of benzene rings is 1. The molecule has 1 heterocycles. The van der Waals surface area contributed by atoms with Crippen LogP contribution in [0.3, 0.4) is 0 Å². The SMILES string of the molecule is CC(C)n1nc2c(n1)-c1ccccc1C(O)C1=C2CCC=C1. The summed E-state index contributed by atoms with van der Waals surface area (Å²) in [6, 6.07) is 8.18. The van der Waals surface area contributed by atoms with Crippen LogP contribution in [-0.4, -0.2) is 20.1 Å². The van der Waals surface area contributed by atoms with Gasteiger partial charge in [0, 0.05) is 5.56 Å². The van der Waals surface area contributed by atoms with E-state index in [0.717, 1.165) is 46.5 Å². The molecule has 22 heavy (non-hydrogen) atoms. The van der Waals surface area contributed by atoms with E-state index in [-0.39, 0.29) is 6.04 Å². The number of aliphatic hydroxyl groups excluding tert-OH is 1. The van der Waals surface area contributed by atoms with Crippen LogP contribution in [-0.2, 0) is 0 Å². The van der Waals surface area contributed by atoms with E-state index in [4.69, 9.17) is 10.2 Å². The first kappa shape index (κ1) is 13.5. The Bertz CT molecular complexity index is 798. The van der Waals surface area contributed by atoms with Crippen LogP contribution >= 0.6 is 0 Å². The van der Waals surface area contributed by atoms with Gasteiger partial charge in [-0.2, -0.15) is 15.0 Å². The molecule has 0 amide bonds. The molecule has 2 aromatic rings. The molecular formula is C18H19N3O. The zero-order chi connectivity index (χ0) is 15.3. The number of aromatic nitrogens is 3. The minimum atomic E-state index is -0.605. The Morgan fingerprint density at radius 3 is 2.77 bits per heavy atom. The second kappa shape index (κ2) is 4.92. The summed E-state index contributed by atoms with van der Waals surface area (Å²) in [5.74, 6) is 0.